The highest BCUT2D eigenvalue weighted by Gasteiger charge is 2.39. The Morgan fingerprint density at radius 3 is 2.37 bits per heavy atom. The Morgan fingerprint density at radius 1 is 1.10 bits per heavy atom. The van der Waals surface area contributed by atoms with Crippen LogP contribution in [0.5, 0.6) is 0 Å². The number of hydrogen-bond donors (Lipinski definition) is 3. The van der Waals surface area contributed by atoms with Crippen molar-refractivity contribution in [2.24, 2.45) is 5.92 Å². The molecule has 0 bridgehead atoms. The van der Waals surface area contributed by atoms with Crippen LogP contribution in [0, 0.1) is 5.92 Å². The first-order valence-corrected chi connectivity index (χ1v) is 9.34. The molecule has 2 rings (SSSR count). The van der Waals surface area contributed by atoms with Crippen LogP contribution in [0.2, 0.25) is 0 Å². The number of carbonyl (C=O) groups is 4. The molecule has 0 spiro atoms. The van der Waals surface area contributed by atoms with E-state index in [1.165, 1.54) is 19.9 Å². The maximum atomic E-state index is 12.4. The third-order valence-electron chi connectivity index (χ3n) is 3.87. The number of esters is 2. The number of para-hydroxylation sites is 1. The number of rotatable bonds is 6. The SMILES string of the molecule is CC(C)CCOC(=O)NNC(=O)c1ccccc1NC=C1C(=O)OC(C)(C)OC1=O. The van der Waals surface area contributed by atoms with Crippen molar-refractivity contribution in [1.82, 2.24) is 10.9 Å². The minimum Gasteiger partial charge on any atom is -0.448 e. The van der Waals surface area contributed by atoms with E-state index in [2.05, 4.69) is 16.2 Å². The van der Waals surface area contributed by atoms with Gasteiger partial charge in [-0.05, 0) is 24.5 Å². The first-order valence-electron chi connectivity index (χ1n) is 9.34. The molecule has 30 heavy (non-hydrogen) atoms. The van der Waals surface area contributed by atoms with Gasteiger partial charge in [-0.1, -0.05) is 26.0 Å². The van der Waals surface area contributed by atoms with Gasteiger partial charge in [-0.15, -0.1) is 0 Å². The summed E-state index contributed by atoms with van der Waals surface area (Å²) < 4.78 is 15.0. The van der Waals surface area contributed by atoms with Crippen molar-refractivity contribution in [2.45, 2.75) is 39.9 Å². The van der Waals surface area contributed by atoms with Crippen LogP contribution in [0.4, 0.5) is 10.5 Å². The average Bonchev–Trinajstić information content (AvgIpc) is 2.64. The summed E-state index contributed by atoms with van der Waals surface area (Å²) in [7, 11) is 0. The number of cyclic esters (lactones) is 2. The first-order chi connectivity index (χ1) is 14.1. The van der Waals surface area contributed by atoms with Crippen molar-refractivity contribution in [2.75, 3.05) is 11.9 Å². The third-order valence-corrected chi connectivity index (χ3v) is 3.87. The van der Waals surface area contributed by atoms with Crippen LogP contribution in [0.3, 0.4) is 0 Å². The second kappa shape index (κ2) is 9.77. The number of amides is 2. The molecule has 0 atom stereocenters. The van der Waals surface area contributed by atoms with E-state index in [0.29, 0.717) is 12.3 Å². The van der Waals surface area contributed by atoms with Gasteiger partial charge in [-0.2, -0.15) is 0 Å². The summed E-state index contributed by atoms with van der Waals surface area (Å²) >= 11 is 0. The van der Waals surface area contributed by atoms with Crippen LogP contribution in [0.1, 0.15) is 44.5 Å². The molecule has 1 aliphatic heterocycles. The Balaban J connectivity index is 2.00. The smallest absolute Gasteiger partial charge is 0.426 e. The molecule has 3 N–H and O–H groups in total. The summed E-state index contributed by atoms with van der Waals surface area (Å²) in [5.74, 6) is -3.30. The van der Waals surface area contributed by atoms with Crippen LogP contribution >= 0.6 is 0 Å². The largest absolute Gasteiger partial charge is 0.448 e. The topological polar surface area (TPSA) is 132 Å². The standard InChI is InChI=1S/C20H25N3O7/c1-12(2)9-10-28-19(27)23-22-16(24)13-7-5-6-8-15(13)21-11-14-17(25)29-20(3,4)30-18(14)26/h5-8,11-12,21H,9-10H2,1-4H3,(H,22,24)(H,23,27). The van der Waals surface area contributed by atoms with Gasteiger partial charge in [0.2, 0.25) is 0 Å². The van der Waals surface area contributed by atoms with Gasteiger partial charge in [0.05, 0.1) is 17.9 Å². The lowest BCUT2D eigenvalue weighted by Gasteiger charge is -2.29. The van der Waals surface area contributed by atoms with Crippen LogP contribution in [0.15, 0.2) is 36.0 Å². The zero-order chi connectivity index (χ0) is 22.3. The molecular weight excluding hydrogens is 394 g/mol. The molecule has 10 nitrogen and oxygen atoms in total. The highest BCUT2D eigenvalue weighted by molar-refractivity contribution is 6.15. The van der Waals surface area contributed by atoms with Gasteiger partial charge in [0.15, 0.2) is 5.57 Å². The van der Waals surface area contributed by atoms with Gasteiger partial charge in [-0.25, -0.2) is 19.8 Å². The number of hydrazine groups is 1. The first kappa shape index (κ1) is 22.7. The number of carbonyl (C=O) groups excluding carboxylic acids is 4. The van der Waals surface area contributed by atoms with Crippen LogP contribution in [0.25, 0.3) is 0 Å². The molecule has 0 radical (unpaired) electrons. The maximum absolute atomic E-state index is 12.4. The Bertz CT molecular complexity index is 840. The van der Waals surface area contributed by atoms with E-state index in [-0.39, 0.29) is 23.4 Å². The van der Waals surface area contributed by atoms with Crippen LogP contribution in [-0.2, 0) is 23.8 Å². The third kappa shape index (κ3) is 6.50. The lowest BCUT2D eigenvalue weighted by molar-refractivity contribution is -0.222. The molecule has 0 aromatic heterocycles. The number of anilines is 1. The average molecular weight is 419 g/mol. The van der Waals surface area contributed by atoms with E-state index in [0.717, 1.165) is 6.20 Å². The summed E-state index contributed by atoms with van der Waals surface area (Å²) in [6.45, 7) is 7.10. The molecule has 10 heteroatoms. The fourth-order valence-corrected chi connectivity index (χ4v) is 2.33. The van der Waals surface area contributed by atoms with E-state index in [9.17, 15) is 19.2 Å². The monoisotopic (exact) mass is 419 g/mol. The van der Waals surface area contributed by atoms with E-state index in [4.69, 9.17) is 14.2 Å². The fraction of sp³-hybridized carbons (Fsp3) is 0.400. The van der Waals surface area contributed by atoms with Gasteiger partial charge in [0.25, 0.3) is 11.7 Å². The number of hydrogen-bond acceptors (Lipinski definition) is 8. The normalized spacial score (nSPS) is 15.0. The van der Waals surface area contributed by atoms with E-state index >= 15 is 0 Å². The summed E-state index contributed by atoms with van der Waals surface area (Å²) in [5, 5.41) is 2.72. The second-order valence-corrected chi connectivity index (χ2v) is 7.32. The van der Waals surface area contributed by atoms with Crippen molar-refractivity contribution in [1.29, 1.82) is 0 Å². The molecular formula is C20H25N3O7. The zero-order valence-electron chi connectivity index (χ0n) is 17.2. The molecule has 1 aromatic carbocycles. The minimum absolute atomic E-state index is 0.148. The maximum Gasteiger partial charge on any atom is 0.426 e. The summed E-state index contributed by atoms with van der Waals surface area (Å²) in [6, 6.07) is 6.30. The van der Waals surface area contributed by atoms with Gasteiger partial charge in [0.1, 0.15) is 0 Å². The molecule has 2 amide bonds. The highest BCUT2D eigenvalue weighted by atomic mass is 16.7. The highest BCUT2D eigenvalue weighted by Crippen LogP contribution is 2.23. The summed E-state index contributed by atoms with van der Waals surface area (Å²) in [5.41, 5.74) is 4.47. The molecule has 1 fully saturated rings. The van der Waals surface area contributed by atoms with Gasteiger partial charge >= 0.3 is 18.0 Å². The second-order valence-electron chi connectivity index (χ2n) is 7.32. The Kier molecular flexibility index (Phi) is 7.40. The Hall–Kier alpha value is -3.56. The quantitative estimate of drug-likeness (QED) is 0.277. The van der Waals surface area contributed by atoms with Crippen molar-refractivity contribution in [3.05, 3.63) is 41.6 Å². The van der Waals surface area contributed by atoms with Crippen molar-refractivity contribution in [3.63, 3.8) is 0 Å². The minimum atomic E-state index is -1.35. The van der Waals surface area contributed by atoms with E-state index in [1.807, 2.05) is 13.8 Å². The van der Waals surface area contributed by atoms with Crippen LogP contribution < -0.4 is 16.2 Å². The zero-order valence-corrected chi connectivity index (χ0v) is 17.2. The van der Waals surface area contributed by atoms with Crippen molar-refractivity contribution < 1.29 is 33.4 Å². The summed E-state index contributed by atoms with van der Waals surface area (Å²) in [4.78, 5) is 48.0. The van der Waals surface area contributed by atoms with E-state index < -0.39 is 29.7 Å². The molecule has 1 heterocycles. The Labute approximate surface area is 173 Å². The predicted molar refractivity (Wildman–Crippen MR) is 106 cm³/mol. The van der Waals surface area contributed by atoms with Gasteiger partial charge in [0, 0.05) is 20.0 Å². The van der Waals surface area contributed by atoms with Gasteiger partial charge < -0.3 is 19.5 Å². The van der Waals surface area contributed by atoms with E-state index in [1.54, 1.807) is 18.2 Å². The fourth-order valence-electron chi connectivity index (χ4n) is 2.33. The summed E-state index contributed by atoms with van der Waals surface area (Å²) in [6.07, 6.45) is 1.01. The van der Waals surface area contributed by atoms with Crippen molar-refractivity contribution >= 4 is 29.6 Å². The molecule has 0 saturated carbocycles. The number of benzene rings is 1. The van der Waals surface area contributed by atoms with Gasteiger partial charge in [-0.3, -0.25) is 10.2 Å². The lowest BCUT2D eigenvalue weighted by Crippen LogP contribution is -2.42. The van der Waals surface area contributed by atoms with Crippen molar-refractivity contribution in [3.8, 4) is 0 Å². The molecule has 1 aliphatic rings. The number of ether oxygens (including phenoxy) is 3. The molecule has 1 saturated heterocycles. The molecule has 162 valence electrons. The number of nitrogens with one attached hydrogen (secondary N) is 3. The van der Waals surface area contributed by atoms with Crippen LogP contribution in [-0.4, -0.2) is 36.3 Å². The predicted octanol–water partition coefficient (Wildman–Crippen LogP) is 2.24. The molecule has 0 aliphatic carbocycles. The lowest BCUT2D eigenvalue weighted by atomic mass is 10.1. The molecule has 1 aromatic rings. The molecule has 0 unspecified atom stereocenters. The Morgan fingerprint density at radius 2 is 1.73 bits per heavy atom.